The first-order chi connectivity index (χ1) is 9.16. The molecule has 0 aromatic carbocycles. The van der Waals surface area contributed by atoms with Crippen LogP contribution in [0.15, 0.2) is 12.7 Å². The Kier molecular flexibility index (Phi) is 8.68. The number of ether oxygens (including phenoxy) is 1. The van der Waals surface area contributed by atoms with E-state index in [1.54, 1.807) is 0 Å². The van der Waals surface area contributed by atoms with Crippen LogP contribution in [-0.2, 0) is 18.3 Å². The molecule has 0 bridgehead atoms. The van der Waals surface area contributed by atoms with Gasteiger partial charge in [-0.05, 0) is 0 Å². The standard InChI is InChI=1S/C11H23N2O6P/c1-5-8-17-11(14)12-6-9-18-20(15,16)19-10-7-13(2,3)4/h5H,1,6-10H2,2-4H3,(H-,12,14,15,16). The number of alkyl carbamates (subject to hydrolysis) is 1. The summed E-state index contributed by atoms with van der Waals surface area (Å²) in [6, 6.07) is 0. The molecule has 8 nitrogen and oxygen atoms in total. The molecule has 20 heavy (non-hydrogen) atoms. The van der Waals surface area contributed by atoms with Gasteiger partial charge in [-0.2, -0.15) is 0 Å². The van der Waals surface area contributed by atoms with Gasteiger partial charge in [0.1, 0.15) is 19.8 Å². The Morgan fingerprint density at radius 2 is 1.95 bits per heavy atom. The molecule has 1 atom stereocenters. The van der Waals surface area contributed by atoms with Crippen LogP contribution in [0, 0.1) is 0 Å². The number of amides is 1. The minimum atomic E-state index is -4.33. The molecule has 0 aromatic heterocycles. The van der Waals surface area contributed by atoms with Gasteiger partial charge in [-0.3, -0.25) is 4.57 Å². The summed E-state index contributed by atoms with van der Waals surface area (Å²) in [6.07, 6.45) is 0.754. The number of carbonyl (C=O) groups excluding carboxylic acids is 1. The van der Waals surface area contributed by atoms with E-state index in [4.69, 9.17) is 0 Å². The van der Waals surface area contributed by atoms with Crippen LogP contribution in [0.4, 0.5) is 4.79 Å². The molecule has 1 amide bonds. The van der Waals surface area contributed by atoms with Crippen LogP contribution in [0.3, 0.4) is 0 Å². The van der Waals surface area contributed by atoms with Crippen molar-refractivity contribution in [3.63, 3.8) is 0 Å². The van der Waals surface area contributed by atoms with Crippen LogP contribution in [0.1, 0.15) is 0 Å². The third-order valence-electron chi connectivity index (χ3n) is 1.96. The van der Waals surface area contributed by atoms with Gasteiger partial charge in [0, 0.05) is 6.54 Å². The molecular weight excluding hydrogens is 287 g/mol. The highest BCUT2D eigenvalue weighted by atomic mass is 31.2. The third kappa shape index (κ3) is 12.1. The lowest BCUT2D eigenvalue weighted by molar-refractivity contribution is -0.870. The second-order valence-electron chi connectivity index (χ2n) is 4.94. The molecule has 0 fully saturated rings. The van der Waals surface area contributed by atoms with E-state index < -0.39 is 13.9 Å². The zero-order valence-electron chi connectivity index (χ0n) is 12.2. The lowest BCUT2D eigenvalue weighted by Crippen LogP contribution is -2.37. The smallest absolute Gasteiger partial charge is 0.407 e. The molecule has 0 rings (SSSR count). The van der Waals surface area contributed by atoms with Crippen LogP contribution >= 0.6 is 7.82 Å². The highest BCUT2D eigenvalue weighted by Gasteiger charge is 2.13. The number of carbonyl (C=O) groups is 1. The van der Waals surface area contributed by atoms with Gasteiger partial charge < -0.3 is 28.5 Å². The van der Waals surface area contributed by atoms with Crippen LogP contribution < -0.4 is 10.2 Å². The third-order valence-corrected chi connectivity index (χ3v) is 2.96. The quantitative estimate of drug-likeness (QED) is 0.266. The van der Waals surface area contributed by atoms with Crippen LogP contribution in [0.25, 0.3) is 0 Å². The highest BCUT2D eigenvalue weighted by molar-refractivity contribution is 7.45. The van der Waals surface area contributed by atoms with Gasteiger partial charge in [-0.15, -0.1) is 0 Å². The zero-order chi connectivity index (χ0) is 15.6. The van der Waals surface area contributed by atoms with Gasteiger partial charge in [0.05, 0.1) is 27.7 Å². The molecule has 1 N–H and O–H groups in total. The first-order valence-corrected chi connectivity index (χ1v) is 7.54. The maximum atomic E-state index is 11.4. The Labute approximate surface area is 119 Å². The lowest BCUT2D eigenvalue weighted by atomic mass is 10.5. The molecular formula is C11H23N2O6P. The second kappa shape index (κ2) is 9.10. The van der Waals surface area contributed by atoms with Crippen molar-refractivity contribution < 1.29 is 32.5 Å². The SMILES string of the molecule is C=CCOC(=O)NCCOP(=O)([O-])OCC[N+](C)(C)C. The predicted octanol–water partition coefficient (Wildman–Crippen LogP) is 0.106. The minimum Gasteiger partial charge on any atom is -0.756 e. The summed E-state index contributed by atoms with van der Waals surface area (Å²) >= 11 is 0. The molecule has 0 aromatic rings. The number of phosphoric ester groups is 1. The van der Waals surface area contributed by atoms with Crippen molar-refractivity contribution in [2.75, 3.05) is 54.1 Å². The molecule has 0 saturated heterocycles. The van der Waals surface area contributed by atoms with Crippen LogP contribution in [0.5, 0.6) is 0 Å². The number of nitrogens with one attached hydrogen (secondary N) is 1. The fourth-order valence-corrected chi connectivity index (χ4v) is 1.65. The number of quaternary nitrogens is 1. The summed E-state index contributed by atoms with van der Waals surface area (Å²) in [5.41, 5.74) is 0. The van der Waals surface area contributed by atoms with Gasteiger partial charge in [-0.1, -0.05) is 12.7 Å². The first kappa shape index (κ1) is 19.1. The highest BCUT2D eigenvalue weighted by Crippen LogP contribution is 2.37. The minimum absolute atomic E-state index is 0.000892. The van der Waals surface area contributed by atoms with Crippen molar-refractivity contribution in [1.29, 1.82) is 0 Å². The molecule has 0 radical (unpaired) electrons. The van der Waals surface area contributed by atoms with E-state index in [2.05, 4.69) is 25.7 Å². The van der Waals surface area contributed by atoms with E-state index in [1.807, 2.05) is 21.1 Å². The molecule has 0 spiro atoms. The Morgan fingerprint density at radius 3 is 2.50 bits per heavy atom. The van der Waals surface area contributed by atoms with Crippen LogP contribution in [-0.4, -0.2) is 64.6 Å². The summed E-state index contributed by atoms with van der Waals surface area (Å²) < 4.78 is 25.8. The van der Waals surface area contributed by atoms with Gasteiger partial charge >= 0.3 is 6.09 Å². The Hall–Kier alpha value is -0.920. The molecule has 0 aliphatic carbocycles. The number of phosphoric acid groups is 1. The number of rotatable bonds is 10. The fraction of sp³-hybridized carbons (Fsp3) is 0.727. The normalized spacial score (nSPS) is 14.4. The van der Waals surface area contributed by atoms with Crippen molar-refractivity contribution in [1.82, 2.24) is 5.32 Å². The van der Waals surface area contributed by atoms with Crippen molar-refractivity contribution in [2.24, 2.45) is 0 Å². The van der Waals surface area contributed by atoms with Crippen LogP contribution in [0.2, 0.25) is 0 Å². The monoisotopic (exact) mass is 310 g/mol. The Bertz CT molecular complexity index is 355. The summed E-state index contributed by atoms with van der Waals surface area (Å²) in [5.74, 6) is 0. The molecule has 0 heterocycles. The average molecular weight is 310 g/mol. The average Bonchev–Trinajstić information content (AvgIpc) is 2.30. The number of hydrogen-bond donors (Lipinski definition) is 1. The van der Waals surface area contributed by atoms with Crippen molar-refractivity contribution in [2.45, 2.75) is 0 Å². The van der Waals surface area contributed by atoms with E-state index in [-0.39, 0.29) is 26.4 Å². The molecule has 118 valence electrons. The maximum Gasteiger partial charge on any atom is 0.407 e. The predicted molar refractivity (Wildman–Crippen MR) is 72.0 cm³/mol. The molecule has 9 heteroatoms. The summed E-state index contributed by atoms with van der Waals surface area (Å²) in [7, 11) is 1.42. The van der Waals surface area contributed by atoms with Gasteiger partial charge in [0.25, 0.3) is 7.82 Å². The van der Waals surface area contributed by atoms with E-state index >= 15 is 0 Å². The van der Waals surface area contributed by atoms with Gasteiger partial charge in [-0.25, -0.2) is 4.79 Å². The largest absolute Gasteiger partial charge is 0.756 e. The summed E-state index contributed by atoms with van der Waals surface area (Å²) in [4.78, 5) is 22.3. The fourth-order valence-electron chi connectivity index (χ4n) is 0.960. The number of likely N-dealkylation sites (N-methyl/N-ethyl adjacent to an activating group) is 1. The lowest BCUT2D eigenvalue weighted by Gasteiger charge is -2.27. The second-order valence-corrected chi connectivity index (χ2v) is 6.35. The molecule has 0 aliphatic rings. The van der Waals surface area contributed by atoms with Gasteiger partial charge in [0.2, 0.25) is 0 Å². The van der Waals surface area contributed by atoms with E-state index in [0.29, 0.717) is 11.0 Å². The van der Waals surface area contributed by atoms with E-state index in [0.717, 1.165) is 0 Å². The van der Waals surface area contributed by atoms with E-state index in [9.17, 15) is 14.3 Å². The van der Waals surface area contributed by atoms with E-state index in [1.165, 1.54) is 6.08 Å². The maximum absolute atomic E-state index is 11.4. The zero-order valence-corrected chi connectivity index (χ0v) is 13.1. The van der Waals surface area contributed by atoms with Crippen molar-refractivity contribution in [3.8, 4) is 0 Å². The summed E-state index contributed by atoms with van der Waals surface area (Å²) in [6.45, 7) is 3.82. The molecule has 0 saturated carbocycles. The first-order valence-electron chi connectivity index (χ1n) is 6.08. The Balaban J connectivity index is 3.74. The van der Waals surface area contributed by atoms with Crippen molar-refractivity contribution in [3.05, 3.63) is 12.7 Å². The summed E-state index contributed by atoms with van der Waals surface area (Å²) in [5, 5.41) is 2.32. The Morgan fingerprint density at radius 1 is 1.35 bits per heavy atom. The van der Waals surface area contributed by atoms with Gasteiger partial charge in [0.15, 0.2) is 0 Å². The number of nitrogens with zero attached hydrogens (tertiary/aromatic N) is 1. The molecule has 1 unspecified atom stereocenters. The number of hydrogen-bond acceptors (Lipinski definition) is 6. The molecule has 0 aliphatic heterocycles. The topological polar surface area (TPSA) is 96.9 Å². The van der Waals surface area contributed by atoms with Crippen molar-refractivity contribution >= 4 is 13.9 Å².